The van der Waals surface area contributed by atoms with Crippen LogP contribution < -0.4 is 5.73 Å². The summed E-state index contributed by atoms with van der Waals surface area (Å²) in [7, 11) is -4.45. The highest BCUT2D eigenvalue weighted by molar-refractivity contribution is 7.87. The minimum Gasteiger partial charge on any atom is -0.383 e. The molecule has 0 aliphatic carbocycles. The molecule has 1 fully saturated rings. The minimum absolute atomic E-state index is 0.0483. The third kappa shape index (κ3) is 7.38. The van der Waals surface area contributed by atoms with Crippen LogP contribution in [0.4, 0.5) is 13.2 Å². The molecule has 0 radical (unpaired) electrons. The number of rotatable bonds is 5. The second-order valence-electron chi connectivity index (χ2n) is 10.1. The predicted molar refractivity (Wildman–Crippen MR) is 163 cm³/mol. The van der Waals surface area contributed by atoms with E-state index in [2.05, 4.69) is 9.39 Å². The summed E-state index contributed by atoms with van der Waals surface area (Å²) in [6, 6.07) is 23.1. The highest BCUT2D eigenvalue weighted by Gasteiger charge is 2.43. The fourth-order valence-electron chi connectivity index (χ4n) is 4.95. The number of halogens is 5. The van der Waals surface area contributed by atoms with E-state index in [0.29, 0.717) is 21.3 Å². The largest absolute Gasteiger partial charge is 0.391 e. The van der Waals surface area contributed by atoms with E-state index in [1.807, 2.05) is 42.5 Å². The Balaban J connectivity index is 1.56. The predicted octanol–water partition coefficient (Wildman–Crippen LogP) is 6.08. The van der Waals surface area contributed by atoms with Crippen molar-refractivity contribution in [1.29, 1.82) is 0 Å². The van der Waals surface area contributed by atoms with Crippen LogP contribution in [0.25, 0.3) is 0 Å². The van der Waals surface area contributed by atoms with E-state index in [1.165, 1.54) is 5.01 Å². The van der Waals surface area contributed by atoms with Crippen LogP contribution in [-0.4, -0.2) is 61.0 Å². The third-order valence-corrected chi connectivity index (χ3v) is 9.20. The van der Waals surface area contributed by atoms with Gasteiger partial charge in [-0.15, -0.1) is 4.40 Å². The van der Waals surface area contributed by atoms with Crippen LogP contribution in [-0.2, 0) is 10.2 Å². The maximum atomic E-state index is 13.5. The van der Waals surface area contributed by atoms with Gasteiger partial charge in [-0.1, -0.05) is 65.7 Å². The van der Waals surface area contributed by atoms with Crippen LogP contribution in [0.15, 0.2) is 93.4 Å². The number of benzene rings is 3. The Morgan fingerprint density at radius 2 is 1.49 bits per heavy atom. The standard InChI is InChI=1S/C29H27Cl2F3N6O2S/c30-23-10-6-20(7-11-23)26-25(19-4-2-1-3-5-19)18-40(37-26)28(36-27(35)21-8-12-24(31)13-9-21)38-43(41,42)39-16-14-22(15-17-39)29(32,33)34/h1-13,22,25H,14-18H2,(H2,35,36,38). The molecule has 3 aromatic rings. The Morgan fingerprint density at radius 3 is 2.07 bits per heavy atom. The maximum Gasteiger partial charge on any atom is 0.391 e. The van der Waals surface area contributed by atoms with Crippen molar-refractivity contribution in [2.45, 2.75) is 24.9 Å². The van der Waals surface area contributed by atoms with Gasteiger partial charge in [-0.05, 0) is 60.4 Å². The van der Waals surface area contributed by atoms with E-state index in [4.69, 9.17) is 34.0 Å². The molecule has 5 rings (SSSR count). The highest BCUT2D eigenvalue weighted by Crippen LogP contribution is 2.35. The lowest BCUT2D eigenvalue weighted by Crippen LogP contribution is -2.42. The van der Waals surface area contributed by atoms with Crippen molar-refractivity contribution in [3.8, 4) is 0 Å². The molecule has 43 heavy (non-hydrogen) atoms. The molecule has 0 saturated carbocycles. The molecule has 0 spiro atoms. The first-order valence-electron chi connectivity index (χ1n) is 13.3. The quantitative estimate of drug-likeness (QED) is 0.267. The molecule has 226 valence electrons. The van der Waals surface area contributed by atoms with Crippen LogP contribution in [0.1, 0.15) is 35.4 Å². The van der Waals surface area contributed by atoms with Gasteiger partial charge in [-0.3, -0.25) is 0 Å². The zero-order chi connectivity index (χ0) is 30.8. The van der Waals surface area contributed by atoms with Crippen LogP contribution in [0, 0.1) is 5.92 Å². The lowest BCUT2D eigenvalue weighted by atomic mass is 9.91. The number of hydrazone groups is 1. The second-order valence-corrected chi connectivity index (χ2v) is 12.6. The Morgan fingerprint density at radius 1 is 0.907 bits per heavy atom. The molecule has 0 aromatic heterocycles. The molecule has 3 aromatic carbocycles. The van der Waals surface area contributed by atoms with Gasteiger partial charge in [0.2, 0.25) is 0 Å². The van der Waals surface area contributed by atoms with Gasteiger partial charge in [0.1, 0.15) is 5.84 Å². The van der Waals surface area contributed by atoms with Crippen LogP contribution in [0.3, 0.4) is 0 Å². The zero-order valence-electron chi connectivity index (χ0n) is 22.6. The van der Waals surface area contributed by atoms with E-state index in [1.54, 1.807) is 36.4 Å². The molecule has 1 atom stereocenters. The van der Waals surface area contributed by atoms with Crippen LogP contribution in [0.2, 0.25) is 10.0 Å². The number of guanidine groups is 1. The van der Waals surface area contributed by atoms with Crippen molar-refractivity contribution in [2.24, 2.45) is 26.1 Å². The lowest BCUT2D eigenvalue weighted by molar-refractivity contribution is -0.182. The Labute approximate surface area is 257 Å². The van der Waals surface area contributed by atoms with Gasteiger partial charge in [-0.25, -0.2) is 5.01 Å². The number of alkyl halides is 3. The fraction of sp³-hybridized carbons (Fsp3) is 0.276. The van der Waals surface area contributed by atoms with Crippen LogP contribution in [0.5, 0.6) is 0 Å². The summed E-state index contributed by atoms with van der Waals surface area (Å²) in [6.07, 6.45) is -5.11. The summed E-state index contributed by atoms with van der Waals surface area (Å²) in [5, 5.41) is 7.10. The van der Waals surface area contributed by atoms with Crippen molar-refractivity contribution in [2.75, 3.05) is 19.6 Å². The number of amidine groups is 1. The van der Waals surface area contributed by atoms with E-state index in [0.717, 1.165) is 15.4 Å². The molecule has 1 unspecified atom stereocenters. The summed E-state index contributed by atoms with van der Waals surface area (Å²) in [6.45, 7) is -0.485. The monoisotopic (exact) mass is 650 g/mol. The van der Waals surface area contributed by atoms with Gasteiger partial charge in [-0.2, -0.15) is 36.0 Å². The highest BCUT2D eigenvalue weighted by atomic mass is 35.5. The molecule has 8 nitrogen and oxygen atoms in total. The molecule has 2 N–H and O–H groups in total. The number of nitrogens with two attached hydrogens (primary N) is 1. The van der Waals surface area contributed by atoms with Crippen molar-refractivity contribution in [3.63, 3.8) is 0 Å². The average Bonchev–Trinajstić information content (AvgIpc) is 3.43. The summed E-state index contributed by atoms with van der Waals surface area (Å²) in [4.78, 5) is 4.38. The Bertz CT molecular complexity index is 1640. The number of hydrogen-bond donors (Lipinski definition) is 1. The molecule has 14 heteroatoms. The summed E-state index contributed by atoms with van der Waals surface area (Å²) in [5.41, 5.74) is 9.05. The van der Waals surface area contributed by atoms with Gasteiger partial charge in [0, 0.05) is 34.6 Å². The van der Waals surface area contributed by atoms with Gasteiger partial charge in [0.15, 0.2) is 0 Å². The van der Waals surface area contributed by atoms with E-state index in [9.17, 15) is 21.6 Å². The first-order chi connectivity index (χ1) is 20.4. The smallest absolute Gasteiger partial charge is 0.383 e. The molecule has 1 saturated heterocycles. The molecular weight excluding hydrogens is 624 g/mol. The second kappa shape index (κ2) is 12.7. The van der Waals surface area contributed by atoms with Crippen molar-refractivity contribution < 1.29 is 21.6 Å². The molecule has 2 heterocycles. The number of aliphatic imine (C=N–C) groups is 1. The summed E-state index contributed by atoms with van der Waals surface area (Å²) >= 11 is 12.1. The molecule has 0 amide bonds. The van der Waals surface area contributed by atoms with Crippen molar-refractivity contribution in [3.05, 3.63) is 106 Å². The average molecular weight is 652 g/mol. The van der Waals surface area contributed by atoms with Gasteiger partial charge in [0.05, 0.1) is 18.2 Å². The molecule has 2 aliphatic heterocycles. The molecule has 0 bridgehead atoms. The molecule has 2 aliphatic rings. The van der Waals surface area contributed by atoms with Crippen molar-refractivity contribution in [1.82, 2.24) is 9.31 Å². The molecular formula is C29H27Cl2F3N6O2S. The summed E-state index contributed by atoms with van der Waals surface area (Å²) in [5.74, 6) is -2.24. The lowest BCUT2D eigenvalue weighted by Gasteiger charge is -2.31. The first-order valence-corrected chi connectivity index (χ1v) is 15.5. The maximum absolute atomic E-state index is 13.5. The Hall–Kier alpha value is -3.45. The number of hydrogen-bond acceptors (Lipinski definition) is 3. The van der Waals surface area contributed by atoms with Crippen molar-refractivity contribution >= 4 is 50.9 Å². The Kier molecular flexibility index (Phi) is 9.12. The van der Waals surface area contributed by atoms with E-state index in [-0.39, 0.29) is 50.2 Å². The SMILES string of the molecule is NC(=NC(=NS(=O)(=O)N1CCC(C(F)(F)F)CC1)N1CC(c2ccccc2)C(c2ccc(Cl)cc2)=N1)c1ccc(Cl)cc1. The fourth-order valence-corrected chi connectivity index (χ4v) is 6.33. The van der Waals surface area contributed by atoms with Gasteiger partial charge in [0.25, 0.3) is 5.96 Å². The van der Waals surface area contributed by atoms with E-state index >= 15 is 0 Å². The first kappa shape index (κ1) is 31.0. The van der Waals surface area contributed by atoms with E-state index < -0.39 is 22.3 Å². The van der Waals surface area contributed by atoms with Gasteiger partial charge >= 0.3 is 16.4 Å². The summed E-state index contributed by atoms with van der Waals surface area (Å²) < 4.78 is 71.5. The zero-order valence-corrected chi connectivity index (χ0v) is 25.0. The number of piperidine rings is 1. The minimum atomic E-state index is -4.45. The normalized spacial score (nSPS) is 19.5. The topological polar surface area (TPSA) is 104 Å². The number of nitrogens with zero attached hydrogens (tertiary/aromatic N) is 5. The van der Waals surface area contributed by atoms with Gasteiger partial charge < -0.3 is 5.73 Å². The third-order valence-electron chi connectivity index (χ3n) is 7.29. The van der Waals surface area contributed by atoms with Crippen LogP contribution >= 0.6 is 23.2 Å².